The van der Waals surface area contributed by atoms with Gasteiger partial charge in [0.2, 0.25) is 10.0 Å². The minimum Gasteiger partial charge on any atom is -0.326 e. The molecule has 1 aromatic rings. The number of hydrogen-bond donors (Lipinski definition) is 2. The molecule has 7 heteroatoms. The van der Waals surface area contributed by atoms with Gasteiger partial charge in [-0.05, 0) is 12.1 Å². The monoisotopic (exact) mass is 282 g/mol. The predicted octanol–water partition coefficient (Wildman–Crippen LogP) is 1.75. The fraction of sp³-hybridized carbons (Fsp3) is 0.333. The lowest BCUT2D eigenvalue weighted by atomic mass is 10.2. The van der Waals surface area contributed by atoms with E-state index < -0.39 is 10.0 Å². The van der Waals surface area contributed by atoms with Gasteiger partial charge in [-0.25, -0.2) is 13.1 Å². The molecular weight excluding hydrogens is 271 g/mol. The van der Waals surface area contributed by atoms with Crippen LogP contribution in [0.3, 0.4) is 0 Å². The molecule has 0 aliphatic carbocycles. The number of nitrogens with two attached hydrogens (primary N) is 1. The molecule has 1 rings (SSSR count). The van der Waals surface area contributed by atoms with Crippen LogP contribution in [0.2, 0.25) is 10.0 Å². The highest BCUT2D eigenvalue weighted by molar-refractivity contribution is 7.89. The first-order chi connectivity index (χ1) is 7.44. The van der Waals surface area contributed by atoms with Crippen LogP contribution >= 0.6 is 23.2 Å². The van der Waals surface area contributed by atoms with Crippen LogP contribution in [-0.4, -0.2) is 15.0 Å². The van der Waals surface area contributed by atoms with E-state index >= 15 is 0 Å². The maximum Gasteiger partial charge on any atom is 0.242 e. The number of halogens is 2. The number of benzene rings is 1. The van der Waals surface area contributed by atoms with E-state index in [4.69, 9.17) is 28.9 Å². The molecule has 0 saturated carbocycles. The van der Waals surface area contributed by atoms with Crippen LogP contribution in [0.5, 0.6) is 0 Å². The van der Waals surface area contributed by atoms with Crippen LogP contribution in [0, 0.1) is 0 Å². The summed E-state index contributed by atoms with van der Waals surface area (Å²) in [6.07, 6.45) is 0. The zero-order valence-electron chi connectivity index (χ0n) is 8.63. The van der Waals surface area contributed by atoms with Crippen molar-refractivity contribution in [2.75, 3.05) is 6.54 Å². The topological polar surface area (TPSA) is 72.2 Å². The van der Waals surface area contributed by atoms with Crippen LogP contribution in [0.1, 0.15) is 12.5 Å². The van der Waals surface area contributed by atoms with E-state index in [9.17, 15) is 8.42 Å². The van der Waals surface area contributed by atoms with Crippen molar-refractivity contribution in [2.24, 2.45) is 5.73 Å². The third-order valence-corrected chi connectivity index (χ3v) is 4.46. The first-order valence-electron chi connectivity index (χ1n) is 4.60. The summed E-state index contributed by atoms with van der Waals surface area (Å²) in [6, 6.07) is 2.83. The van der Waals surface area contributed by atoms with Crippen molar-refractivity contribution < 1.29 is 8.42 Å². The number of hydrogen-bond acceptors (Lipinski definition) is 3. The Hall–Kier alpha value is -0.330. The molecule has 0 spiro atoms. The molecule has 0 unspecified atom stereocenters. The molecule has 0 aromatic heterocycles. The van der Waals surface area contributed by atoms with Crippen LogP contribution < -0.4 is 10.5 Å². The second-order valence-corrected chi connectivity index (χ2v) is 5.56. The van der Waals surface area contributed by atoms with Gasteiger partial charge in [0.15, 0.2) is 0 Å². The fourth-order valence-corrected chi connectivity index (χ4v) is 3.21. The molecule has 0 fully saturated rings. The Bertz CT molecular complexity index is 489. The Kier molecular flexibility index (Phi) is 4.58. The standard InChI is InChI=1S/C9H12Cl2N2O2S/c1-2-13-16(14,15)8-4-3-7(10)6(5-12)9(8)11/h3-4,13H,2,5,12H2,1H3. The molecule has 0 aliphatic rings. The Balaban J connectivity index is 3.37. The van der Waals surface area contributed by atoms with E-state index in [-0.39, 0.29) is 16.5 Å². The summed E-state index contributed by atoms with van der Waals surface area (Å²) in [4.78, 5) is 0.000802. The summed E-state index contributed by atoms with van der Waals surface area (Å²) in [5.74, 6) is 0. The van der Waals surface area contributed by atoms with Gasteiger partial charge < -0.3 is 5.73 Å². The Labute approximate surface area is 105 Å². The number of nitrogens with one attached hydrogen (secondary N) is 1. The molecule has 1 aromatic carbocycles. The Morgan fingerprint density at radius 1 is 1.38 bits per heavy atom. The van der Waals surface area contributed by atoms with Crippen molar-refractivity contribution in [3.05, 3.63) is 27.7 Å². The molecule has 0 saturated heterocycles. The minimum absolute atomic E-state index is 0.000802. The average Bonchev–Trinajstić information content (AvgIpc) is 2.17. The van der Waals surface area contributed by atoms with Gasteiger partial charge in [0.1, 0.15) is 4.90 Å². The molecule has 0 aliphatic heterocycles. The highest BCUT2D eigenvalue weighted by Crippen LogP contribution is 2.30. The molecule has 90 valence electrons. The zero-order chi connectivity index (χ0) is 12.3. The van der Waals surface area contributed by atoms with Crippen LogP contribution in [0.4, 0.5) is 0 Å². The normalized spacial score (nSPS) is 11.8. The smallest absolute Gasteiger partial charge is 0.242 e. The third kappa shape index (κ3) is 2.67. The molecule has 4 nitrogen and oxygen atoms in total. The van der Waals surface area contributed by atoms with Crippen LogP contribution in [-0.2, 0) is 16.6 Å². The summed E-state index contributed by atoms with van der Waals surface area (Å²) in [5, 5.41) is 0.443. The van der Waals surface area contributed by atoms with Gasteiger partial charge in [0.25, 0.3) is 0 Å². The average molecular weight is 283 g/mol. The second kappa shape index (κ2) is 5.33. The van der Waals surface area contributed by atoms with Crippen molar-refractivity contribution in [2.45, 2.75) is 18.4 Å². The Morgan fingerprint density at radius 2 is 2.00 bits per heavy atom. The predicted molar refractivity (Wildman–Crippen MR) is 65.2 cm³/mol. The lowest BCUT2D eigenvalue weighted by Crippen LogP contribution is -2.23. The van der Waals surface area contributed by atoms with Gasteiger partial charge in [-0.2, -0.15) is 0 Å². The van der Waals surface area contributed by atoms with Gasteiger partial charge in [-0.3, -0.25) is 0 Å². The molecule has 0 amide bonds. The molecule has 0 heterocycles. The van der Waals surface area contributed by atoms with Gasteiger partial charge in [0.05, 0.1) is 5.02 Å². The minimum atomic E-state index is -3.59. The summed E-state index contributed by atoms with van der Waals surface area (Å²) in [6.45, 7) is 2.07. The lowest BCUT2D eigenvalue weighted by molar-refractivity contribution is 0.584. The molecule has 3 N–H and O–H groups in total. The van der Waals surface area contributed by atoms with Crippen molar-refractivity contribution >= 4 is 33.2 Å². The molecule has 0 atom stereocenters. The molecule has 0 bridgehead atoms. The van der Waals surface area contributed by atoms with E-state index in [1.165, 1.54) is 12.1 Å². The maximum atomic E-state index is 11.8. The van der Waals surface area contributed by atoms with E-state index in [1.54, 1.807) is 6.92 Å². The van der Waals surface area contributed by atoms with Crippen LogP contribution in [0.25, 0.3) is 0 Å². The van der Waals surface area contributed by atoms with Gasteiger partial charge in [-0.1, -0.05) is 30.1 Å². The van der Waals surface area contributed by atoms with Gasteiger partial charge in [-0.15, -0.1) is 0 Å². The maximum absolute atomic E-state index is 11.8. The van der Waals surface area contributed by atoms with Gasteiger partial charge in [0, 0.05) is 23.7 Å². The van der Waals surface area contributed by atoms with Crippen molar-refractivity contribution in [3.63, 3.8) is 0 Å². The van der Waals surface area contributed by atoms with E-state index in [0.29, 0.717) is 17.1 Å². The number of sulfonamides is 1. The molecule has 16 heavy (non-hydrogen) atoms. The summed E-state index contributed by atoms with van der Waals surface area (Å²) in [7, 11) is -3.59. The second-order valence-electron chi connectivity index (χ2n) is 3.04. The van der Waals surface area contributed by atoms with Crippen molar-refractivity contribution in [1.29, 1.82) is 0 Å². The zero-order valence-corrected chi connectivity index (χ0v) is 11.0. The Morgan fingerprint density at radius 3 is 2.50 bits per heavy atom. The van der Waals surface area contributed by atoms with E-state index in [1.807, 2.05) is 0 Å². The summed E-state index contributed by atoms with van der Waals surface area (Å²) >= 11 is 11.8. The van der Waals surface area contributed by atoms with Crippen molar-refractivity contribution in [3.8, 4) is 0 Å². The largest absolute Gasteiger partial charge is 0.326 e. The first-order valence-corrected chi connectivity index (χ1v) is 6.84. The summed E-state index contributed by atoms with van der Waals surface area (Å²) in [5.41, 5.74) is 5.89. The fourth-order valence-electron chi connectivity index (χ4n) is 1.24. The molecular formula is C9H12Cl2N2O2S. The SMILES string of the molecule is CCNS(=O)(=O)c1ccc(Cl)c(CN)c1Cl. The number of rotatable bonds is 4. The highest BCUT2D eigenvalue weighted by Gasteiger charge is 2.20. The van der Waals surface area contributed by atoms with Gasteiger partial charge >= 0.3 is 0 Å². The van der Waals surface area contributed by atoms with E-state index in [0.717, 1.165) is 0 Å². The van der Waals surface area contributed by atoms with E-state index in [2.05, 4.69) is 4.72 Å². The third-order valence-electron chi connectivity index (χ3n) is 1.98. The van der Waals surface area contributed by atoms with Crippen molar-refractivity contribution in [1.82, 2.24) is 4.72 Å². The lowest BCUT2D eigenvalue weighted by Gasteiger charge is -2.10. The first kappa shape index (κ1) is 13.7. The van der Waals surface area contributed by atoms with Crippen LogP contribution in [0.15, 0.2) is 17.0 Å². The quantitative estimate of drug-likeness (QED) is 0.884. The summed E-state index contributed by atoms with van der Waals surface area (Å²) < 4.78 is 25.9. The molecule has 0 radical (unpaired) electrons. The highest BCUT2D eigenvalue weighted by atomic mass is 35.5.